The van der Waals surface area contributed by atoms with E-state index in [0.717, 1.165) is 0 Å². The van der Waals surface area contributed by atoms with Crippen LogP contribution in [0.1, 0.15) is 20.7 Å². The number of methoxy groups -OCH3 is 2. The van der Waals surface area contributed by atoms with Crippen molar-refractivity contribution in [2.45, 2.75) is 0 Å². The first-order valence-corrected chi connectivity index (χ1v) is 7.26. The Bertz CT molecular complexity index is 676. The third-order valence-electron chi connectivity index (χ3n) is 3.13. The first-order valence-electron chi connectivity index (χ1n) is 7.26. The maximum Gasteiger partial charge on any atom is 0.343 e. The second-order valence-corrected chi connectivity index (χ2v) is 4.77. The van der Waals surface area contributed by atoms with Crippen LogP contribution in [-0.4, -0.2) is 39.4 Å². The summed E-state index contributed by atoms with van der Waals surface area (Å²) in [5.74, 6) is 0.0419. The summed E-state index contributed by atoms with van der Waals surface area (Å²) < 4.78 is 20.2. The molecule has 0 radical (unpaired) electrons. The highest BCUT2D eigenvalue weighted by Crippen LogP contribution is 2.17. The predicted molar refractivity (Wildman–Crippen MR) is 86.6 cm³/mol. The molecule has 0 aliphatic rings. The summed E-state index contributed by atoms with van der Waals surface area (Å²) in [4.78, 5) is 23.4. The highest BCUT2D eigenvalue weighted by molar-refractivity contribution is 5.92. The Hall–Kier alpha value is -2.86. The Morgan fingerprint density at radius 3 is 1.83 bits per heavy atom. The van der Waals surface area contributed by atoms with Crippen LogP contribution in [0.4, 0.5) is 0 Å². The molecule has 2 rings (SSSR count). The molecule has 0 fully saturated rings. The first-order chi connectivity index (χ1) is 11.6. The molecule has 0 heterocycles. The Labute approximate surface area is 139 Å². The van der Waals surface area contributed by atoms with Crippen LogP contribution in [-0.2, 0) is 9.47 Å². The number of carbonyl (C=O) groups excluding carboxylic acids is 2. The highest BCUT2D eigenvalue weighted by atomic mass is 16.5. The van der Waals surface area contributed by atoms with Crippen LogP contribution in [0, 0.1) is 0 Å². The summed E-state index contributed by atoms with van der Waals surface area (Å²) in [6.07, 6.45) is 0. The fourth-order valence-electron chi connectivity index (χ4n) is 1.87. The van der Waals surface area contributed by atoms with Crippen LogP contribution >= 0.6 is 0 Å². The lowest BCUT2D eigenvalue weighted by Gasteiger charge is -2.07. The zero-order valence-electron chi connectivity index (χ0n) is 13.5. The highest BCUT2D eigenvalue weighted by Gasteiger charge is 2.10. The van der Waals surface area contributed by atoms with E-state index < -0.39 is 11.9 Å². The molecule has 0 amide bonds. The molecule has 2 aromatic rings. The van der Waals surface area contributed by atoms with Crippen molar-refractivity contribution < 1.29 is 28.5 Å². The lowest BCUT2D eigenvalue weighted by molar-refractivity contribution is 0.0600. The van der Waals surface area contributed by atoms with Gasteiger partial charge in [-0.25, -0.2) is 9.59 Å². The fourth-order valence-corrected chi connectivity index (χ4v) is 1.87. The lowest BCUT2D eigenvalue weighted by atomic mass is 10.2. The summed E-state index contributed by atoms with van der Waals surface area (Å²) in [5.41, 5.74) is 0.779. The van der Waals surface area contributed by atoms with Crippen LogP contribution in [0.2, 0.25) is 0 Å². The quantitative estimate of drug-likeness (QED) is 0.442. The SMILES string of the molecule is COCCOc1ccc(C(=O)Oc2ccc(C(=O)OC)cc2)cc1. The largest absolute Gasteiger partial charge is 0.491 e. The minimum atomic E-state index is -0.496. The van der Waals surface area contributed by atoms with Crippen LogP contribution in [0.5, 0.6) is 11.5 Å². The van der Waals surface area contributed by atoms with E-state index in [0.29, 0.717) is 35.8 Å². The van der Waals surface area contributed by atoms with Gasteiger partial charge in [0.15, 0.2) is 0 Å². The van der Waals surface area contributed by atoms with Crippen LogP contribution < -0.4 is 9.47 Å². The topological polar surface area (TPSA) is 71.1 Å². The molecule has 0 saturated heterocycles. The Balaban J connectivity index is 1.95. The van der Waals surface area contributed by atoms with Crippen molar-refractivity contribution >= 4 is 11.9 Å². The molecule has 0 atom stereocenters. The summed E-state index contributed by atoms with van der Waals surface area (Å²) in [7, 11) is 2.90. The fraction of sp³-hybridized carbons (Fsp3) is 0.222. The zero-order chi connectivity index (χ0) is 17.4. The van der Waals surface area contributed by atoms with E-state index in [9.17, 15) is 9.59 Å². The molecular formula is C18H18O6. The summed E-state index contributed by atoms with van der Waals surface area (Å²) in [6.45, 7) is 0.929. The zero-order valence-corrected chi connectivity index (χ0v) is 13.5. The molecule has 0 bridgehead atoms. The van der Waals surface area contributed by atoms with Gasteiger partial charge >= 0.3 is 11.9 Å². The van der Waals surface area contributed by atoms with Crippen molar-refractivity contribution in [2.75, 3.05) is 27.4 Å². The van der Waals surface area contributed by atoms with Gasteiger partial charge in [0.2, 0.25) is 0 Å². The van der Waals surface area contributed by atoms with Gasteiger partial charge in [0.05, 0.1) is 24.8 Å². The van der Waals surface area contributed by atoms with E-state index in [-0.39, 0.29) is 0 Å². The smallest absolute Gasteiger partial charge is 0.343 e. The van der Waals surface area contributed by atoms with Gasteiger partial charge in [-0.15, -0.1) is 0 Å². The second kappa shape index (κ2) is 8.69. The molecule has 6 heteroatoms. The molecule has 0 spiro atoms. The molecular weight excluding hydrogens is 312 g/mol. The minimum Gasteiger partial charge on any atom is -0.491 e. The van der Waals surface area contributed by atoms with Gasteiger partial charge in [0.25, 0.3) is 0 Å². The average molecular weight is 330 g/mol. The third kappa shape index (κ3) is 4.82. The number of hydrogen-bond acceptors (Lipinski definition) is 6. The number of rotatable bonds is 7. The van der Waals surface area contributed by atoms with Crippen LogP contribution in [0.25, 0.3) is 0 Å². The van der Waals surface area contributed by atoms with E-state index in [1.165, 1.54) is 31.4 Å². The van der Waals surface area contributed by atoms with Gasteiger partial charge in [-0.3, -0.25) is 0 Å². The van der Waals surface area contributed by atoms with Gasteiger partial charge in [-0.2, -0.15) is 0 Å². The maximum atomic E-state index is 12.1. The Kier molecular flexibility index (Phi) is 6.33. The normalized spacial score (nSPS) is 10.1. The summed E-state index contributed by atoms with van der Waals surface area (Å²) in [5, 5.41) is 0. The standard InChI is InChI=1S/C18H18O6/c1-21-11-12-23-15-7-3-14(4-8-15)18(20)24-16-9-5-13(6-10-16)17(19)22-2/h3-10H,11-12H2,1-2H3. The molecule has 0 unspecified atom stereocenters. The van der Waals surface area contributed by atoms with Crippen molar-refractivity contribution in [2.24, 2.45) is 0 Å². The third-order valence-corrected chi connectivity index (χ3v) is 3.13. The summed E-state index contributed by atoms with van der Waals surface area (Å²) >= 11 is 0. The van der Waals surface area contributed by atoms with Crippen molar-refractivity contribution in [3.05, 3.63) is 59.7 Å². The van der Waals surface area contributed by atoms with Crippen molar-refractivity contribution in [1.82, 2.24) is 0 Å². The molecule has 0 N–H and O–H groups in total. The van der Waals surface area contributed by atoms with E-state index in [1.807, 2.05) is 0 Å². The van der Waals surface area contributed by atoms with E-state index in [4.69, 9.17) is 14.2 Å². The van der Waals surface area contributed by atoms with Gasteiger partial charge in [-0.05, 0) is 48.5 Å². The van der Waals surface area contributed by atoms with Crippen LogP contribution in [0.3, 0.4) is 0 Å². The van der Waals surface area contributed by atoms with Crippen molar-refractivity contribution in [3.63, 3.8) is 0 Å². The molecule has 0 aromatic heterocycles. The molecule has 126 valence electrons. The van der Waals surface area contributed by atoms with Gasteiger partial charge < -0.3 is 18.9 Å². The molecule has 0 aliphatic heterocycles. The monoisotopic (exact) mass is 330 g/mol. The second-order valence-electron chi connectivity index (χ2n) is 4.77. The molecule has 0 saturated carbocycles. The molecule has 24 heavy (non-hydrogen) atoms. The van der Waals surface area contributed by atoms with Gasteiger partial charge in [-0.1, -0.05) is 0 Å². The number of carbonyl (C=O) groups is 2. The van der Waals surface area contributed by atoms with Gasteiger partial charge in [0, 0.05) is 7.11 Å². The van der Waals surface area contributed by atoms with Gasteiger partial charge in [0.1, 0.15) is 18.1 Å². The number of esters is 2. The first kappa shape index (κ1) is 17.5. The molecule has 2 aromatic carbocycles. The Morgan fingerprint density at radius 1 is 0.750 bits per heavy atom. The number of benzene rings is 2. The summed E-state index contributed by atoms with van der Waals surface area (Å²) in [6, 6.07) is 12.7. The van der Waals surface area contributed by atoms with E-state index in [1.54, 1.807) is 31.4 Å². The van der Waals surface area contributed by atoms with Crippen molar-refractivity contribution in [3.8, 4) is 11.5 Å². The lowest BCUT2D eigenvalue weighted by Crippen LogP contribution is -2.09. The molecule has 0 aliphatic carbocycles. The van der Waals surface area contributed by atoms with Crippen LogP contribution in [0.15, 0.2) is 48.5 Å². The minimum absolute atomic E-state index is 0.341. The van der Waals surface area contributed by atoms with E-state index in [2.05, 4.69) is 4.74 Å². The van der Waals surface area contributed by atoms with E-state index >= 15 is 0 Å². The number of ether oxygens (including phenoxy) is 4. The average Bonchev–Trinajstić information content (AvgIpc) is 2.62. The van der Waals surface area contributed by atoms with Crippen molar-refractivity contribution in [1.29, 1.82) is 0 Å². The predicted octanol–water partition coefficient (Wildman–Crippen LogP) is 2.72. The number of hydrogen-bond donors (Lipinski definition) is 0. The maximum absolute atomic E-state index is 12.1. The molecule has 6 nitrogen and oxygen atoms in total. The Morgan fingerprint density at radius 2 is 1.29 bits per heavy atom.